The van der Waals surface area contributed by atoms with Gasteiger partial charge in [-0.15, -0.1) is 0 Å². The molecule has 6 heteroatoms. The molecule has 0 aromatic heterocycles. The monoisotopic (exact) mass is 367 g/mol. The molecular weight excluding hydrogens is 342 g/mol. The van der Waals surface area contributed by atoms with Crippen LogP contribution in [0, 0.1) is 13.8 Å². The predicted octanol–water partition coefficient (Wildman–Crippen LogP) is 2.79. The van der Waals surface area contributed by atoms with Gasteiger partial charge in [-0.3, -0.25) is 9.69 Å². The maximum atomic E-state index is 12.4. The first-order valence-electron chi connectivity index (χ1n) is 9.33. The summed E-state index contributed by atoms with van der Waals surface area (Å²) in [7, 11) is 0. The standard InChI is InChI=1S/C21H25N3O3/c1-15-4-3-5-18(16(15)2)24-10-8-23(9-11-24)13-21(25)22-17-6-7-19-20(12-17)27-14-26-19/h3-7,12H,8-11,13-14H2,1-2H3,(H,22,25). The highest BCUT2D eigenvalue weighted by molar-refractivity contribution is 5.92. The summed E-state index contributed by atoms with van der Waals surface area (Å²) in [5.41, 5.74) is 4.70. The fraction of sp³-hybridized carbons (Fsp3) is 0.381. The van der Waals surface area contributed by atoms with Gasteiger partial charge in [0.1, 0.15) is 0 Å². The number of fused-ring (bicyclic) bond motifs is 1. The van der Waals surface area contributed by atoms with Crippen LogP contribution in [0.4, 0.5) is 11.4 Å². The quantitative estimate of drug-likeness (QED) is 0.901. The molecule has 0 bridgehead atoms. The van der Waals surface area contributed by atoms with Crippen molar-refractivity contribution in [2.75, 3.05) is 49.7 Å². The molecule has 2 heterocycles. The first-order valence-corrected chi connectivity index (χ1v) is 9.33. The highest BCUT2D eigenvalue weighted by Gasteiger charge is 2.21. The second kappa shape index (κ2) is 7.48. The van der Waals surface area contributed by atoms with E-state index in [0.29, 0.717) is 12.3 Å². The number of amides is 1. The van der Waals surface area contributed by atoms with Crippen molar-refractivity contribution in [2.24, 2.45) is 0 Å². The summed E-state index contributed by atoms with van der Waals surface area (Å²) in [5.74, 6) is 1.39. The van der Waals surface area contributed by atoms with Crippen molar-refractivity contribution in [3.8, 4) is 11.5 Å². The van der Waals surface area contributed by atoms with Crippen LogP contribution in [0.25, 0.3) is 0 Å². The minimum absolute atomic E-state index is 0.00551. The minimum Gasteiger partial charge on any atom is -0.454 e. The lowest BCUT2D eigenvalue weighted by Crippen LogP contribution is -2.48. The summed E-state index contributed by atoms with van der Waals surface area (Å²) in [5, 5.41) is 2.95. The molecule has 0 unspecified atom stereocenters. The number of anilines is 2. The number of piperazine rings is 1. The Bertz CT molecular complexity index is 845. The van der Waals surface area contributed by atoms with E-state index in [4.69, 9.17) is 9.47 Å². The number of rotatable bonds is 4. The average molecular weight is 367 g/mol. The van der Waals surface area contributed by atoms with E-state index in [-0.39, 0.29) is 12.7 Å². The Hall–Kier alpha value is -2.73. The Balaban J connectivity index is 1.30. The molecule has 0 atom stereocenters. The topological polar surface area (TPSA) is 54.0 Å². The van der Waals surface area contributed by atoms with E-state index >= 15 is 0 Å². The maximum absolute atomic E-state index is 12.4. The van der Waals surface area contributed by atoms with Gasteiger partial charge in [0.05, 0.1) is 6.54 Å². The van der Waals surface area contributed by atoms with Crippen LogP contribution >= 0.6 is 0 Å². The number of benzene rings is 2. The number of hydrogen-bond acceptors (Lipinski definition) is 5. The second-order valence-electron chi connectivity index (χ2n) is 7.10. The maximum Gasteiger partial charge on any atom is 0.238 e. The van der Waals surface area contributed by atoms with Gasteiger partial charge in [0.15, 0.2) is 11.5 Å². The first-order chi connectivity index (χ1) is 13.1. The molecule has 0 spiro atoms. The Morgan fingerprint density at radius 2 is 1.81 bits per heavy atom. The molecule has 0 aliphatic carbocycles. The molecule has 2 aromatic carbocycles. The van der Waals surface area contributed by atoms with Crippen LogP contribution in [0.1, 0.15) is 11.1 Å². The Labute approximate surface area is 159 Å². The normalized spacial score (nSPS) is 16.4. The van der Waals surface area contributed by atoms with Crippen molar-refractivity contribution < 1.29 is 14.3 Å². The summed E-state index contributed by atoms with van der Waals surface area (Å²) in [6.07, 6.45) is 0. The molecule has 6 nitrogen and oxygen atoms in total. The van der Waals surface area contributed by atoms with Crippen LogP contribution in [0.2, 0.25) is 0 Å². The lowest BCUT2D eigenvalue weighted by Gasteiger charge is -2.36. The van der Waals surface area contributed by atoms with E-state index in [1.165, 1.54) is 16.8 Å². The van der Waals surface area contributed by atoms with Crippen molar-refractivity contribution in [3.63, 3.8) is 0 Å². The number of aryl methyl sites for hydroxylation is 1. The third-order valence-electron chi connectivity index (χ3n) is 5.31. The molecule has 2 aliphatic rings. The fourth-order valence-corrected chi connectivity index (χ4v) is 3.60. The number of carbonyl (C=O) groups excluding carboxylic acids is 1. The van der Waals surface area contributed by atoms with Crippen LogP contribution in [0.5, 0.6) is 11.5 Å². The molecule has 142 valence electrons. The number of hydrogen-bond donors (Lipinski definition) is 1. The molecule has 1 amide bonds. The van der Waals surface area contributed by atoms with Gasteiger partial charge >= 0.3 is 0 Å². The van der Waals surface area contributed by atoms with Gasteiger partial charge in [-0.1, -0.05) is 12.1 Å². The molecule has 1 saturated heterocycles. The van der Waals surface area contributed by atoms with Gasteiger partial charge in [-0.05, 0) is 43.2 Å². The van der Waals surface area contributed by atoms with E-state index in [1.807, 2.05) is 12.1 Å². The minimum atomic E-state index is -0.00551. The third kappa shape index (κ3) is 3.85. The van der Waals surface area contributed by atoms with Crippen molar-refractivity contribution >= 4 is 17.3 Å². The summed E-state index contributed by atoms with van der Waals surface area (Å²) in [6, 6.07) is 11.9. The number of carbonyl (C=O) groups is 1. The first kappa shape index (κ1) is 17.7. The Morgan fingerprint density at radius 3 is 2.63 bits per heavy atom. The van der Waals surface area contributed by atoms with E-state index in [2.05, 4.69) is 47.2 Å². The van der Waals surface area contributed by atoms with E-state index in [0.717, 1.165) is 37.6 Å². The number of ether oxygens (including phenoxy) is 2. The molecule has 1 fully saturated rings. The molecular formula is C21H25N3O3. The molecule has 2 aromatic rings. The van der Waals surface area contributed by atoms with Gasteiger partial charge < -0.3 is 19.7 Å². The zero-order valence-electron chi connectivity index (χ0n) is 15.8. The zero-order valence-corrected chi connectivity index (χ0v) is 15.8. The number of nitrogens with one attached hydrogen (secondary N) is 1. The third-order valence-corrected chi connectivity index (χ3v) is 5.31. The zero-order chi connectivity index (χ0) is 18.8. The molecule has 2 aliphatic heterocycles. The number of nitrogens with zero attached hydrogens (tertiary/aromatic N) is 2. The lowest BCUT2D eigenvalue weighted by molar-refractivity contribution is -0.117. The van der Waals surface area contributed by atoms with Crippen molar-refractivity contribution in [2.45, 2.75) is 13.8 Å². The summed E-state index contributed by atoms with van der Waals surface area (Å²) in [6.45, 7) is 8.57. The second-order valence-corrected chi connectivity index (χ2v) is 7.10. The van der Waals surface area contributed by atoms with Gasteiger partial charge in [0, 0.05) is 43.6 Å². The molecule has 0 saturated carbocycles. The van der Waals surface area contributed by atoms with E-state index in [1.54, 1.807) is 6.07 Å². The summed E-state index contributed by atoms with van der Waals surface area (Å²) < 4.78 is 10.6. The molecule has 0 radical (unpaired) electrons. The predicted molar refractivity (Wildman–Crippen MR) is 106 cm³/mol. The van der Waals surface area contributed by atoms with Crippen LogP contribution in [0.15, 0.2) is 36.4 Å². The van der Waals surface area contributed by atoms with Crippen LogP contribution in [0.3, 0.4) is 0 Å². The summed E-state index contributed by atoms with van der Waals surface area (Å²) in [4.78, 5) is 17.0. The lowest BCUT2D eigenvalue weighted by atomic mass is 10.1. The van der Waals surface area contributed by atoms with Crippen molar-refractivity contribution in [1.29, 1.82) is 0 Å². The van der Waals surface area contributed by atoms with Crippen LogP contribution in [-0.4, -0.2) is 50.3 Å². The van der Waals surface area contributed by atoms with Gasteiger partial charge in [-0.2, -0.15) is 0 Å². The van der Waals surface area contributed by atoms with Crippen molar-refractivity contribution in [3.05, 3.63) is 47.5 Å². The Morgan fingerprint density at radius 1 is 1.04 bits per heavy atom. The van der Waals surface area contributed by atoms with Crippen LogP contribution < -0.4 is 19.7 Å². The Kier molecular flexibility index (Phi) is 4.90. The fourth-order valence-electron chi connectivity index (χ4n) is 3.60. The molecule has 1 N–H and O–H groups in total. The smallest absolute Gasteiger partial charge is 0.238 e. The molecule has 27 heavy (non-hydrogen) atoms. The van der Waals surface area contributed by atoms with Gasteiger partial charge in [-0.25, -0.2) is 0 Å². The highest BCUT2D eigenvalue weighted by Crippen LogP contribution is 2.34. The van der Waals surface area contributed by atoms with E-state index < -0.39 is 0 Å². The molecule has 4 rings (SSSR count). The highest BCUT2D eigenvalue weighted by atomic mass is 16.7. The van der Waals surface area contributed by atoms with Gasteiger partial charge in [0.2, 0.25) is 12.7 Å². The van der Waals surface area contributed by atoms with Crippen LogP contribution in [-0.2, 0) is 4.79 Å². The van der Waals surface area contributed by atoms with Gasteiger partial charge in [0.25, 0.3) is 0 Å². The average Bonchev–Trinajstić information content (AvgIpc) is 3.12. The van der Waals surface area contributed by atoms with Crippen molar-refractivity contribution in [1.82, 2.24) is 4.90 Å². The largest absolute Gasteiger partial charge is 0.454 e. The summed E-state index contributed by atoms with van der Waals surface area (Å²) >= 11 is 0. The SMILES string of the molecule is Cc1cccc(N2CCN(CC(=O)Nc3ccc4c(c3)OCO4)CC2)c1C. The van der Waals surface area contributed by atoms with E-state index in [9.17, 15) is 4.79 Å².